The molecule has 3 aromatic rings. The molecule has 262 valence electrons. The second kappa shape index (κ2) is 17.8. The van der Waals surface area contributed by atoms with E-state index in [1.54, 1.807) is 36.5 Å². The number of unbranched alkanes of at least 4 members (excludes halogenated alkanes) is 1. The van der Waals surface area contributed by atoms with Gasteiger partial charge in [-0.2, -0.15) is 0 Å². The molecule has 16 heteroatoms. The molecule has 1 unspecified atom stereocenters. The third-order valence-electron chi connectivity index (χ3n) is 8.95. The fourth-order valence-corrected chi connectivity index (χ4v) is 9.58. The molecule has 49 heavy (non-hydrogen) atoms. The summed E-state index contributed by atoms with van der Waals surface area (Å²) in [6.07, 6.45) is 4.76. The Kier molecular flexibility index (Phi) is 14.7. The quantitative estimate of drug-likeness (QED) is 0.0514. The maximum atomic E-state index is 14.4. The molecule has 4 atom stereocenters. The van der Waals surface area contributed by atoms with E-state index in [9.17, 15) is 37.4 Å². The van der Waals surface area contributed by atoms with Gasteiger partial charge in [0, 0.05) is 36.1 Å². The van der Waals surface area contributed by atoms with Crippen molar-refractivity contribution < 1.29 is 56.2 Å². The fourth-order valence-electron chi connectivity index (χ4n) is 6.47. The number of carboxylic acid groups (broad SMARTS) is 1. The van der Waals surface area contributed by atoms with Crippen LogP contribution in [-0.2, 0) is 41.8 Å². The molecular weight excluding hydrogens is 664 g/mol. The molecule has 0 saturated heterocycles. The number of aliphatic carboxylic acids is 1. The van der Waals surface area contributed by atoms with Crippen LogP contribution in [0.3, 0.4) is 0 Å². The summed E-state index contributed by atoms with van der Waals surface area (Å²) in [7, 11) is -8.23. The molecule has 1 aliphatic carbocycles. The molecule has 2 aromatic carbocycles. The second-order valence-corrected chi connectivity index (χ2v) is 17.0. The zero-order chi connectivity index (χ0) is 35.0. The number of amides is 2. The van der Waals surface area contributed by atoms with Gasteiger partial charge in [-0.25, -0.2) is 13.1 Å². The van der Waals surface area contributed by atoms with Crippen molar-refractivity contribution in [1.29, 1.82) is 0 Å². The maximum absolute atomic E-state index is 14.4. The van der Waals surface area contributed by atoms with Gasteiger partial charge in [0.2, 0.25) is 29.2 Å². The van der Waals surface area contributed by atoms with Gasteiger partial charge in [0.15, 0.2) is 0 Å². The van der Waals surface area contributed by atoms with Crippen LogP contribution in [-0.4, -0.2) is 72.9 Å². The zero-order valence-corrected chi connectivity index (χ0v) is 29.7. The van der Waals surface area contributed by atoms with E-state index in [2.05, 4.69) is 20.3 Å². The van der Waals surface area contributed by atoms with E-state index in [0.29, 0.717) is 43.4 Å². The Hall–Kier alpha value is -2.95. The molecule has 0 spiro atoms. The van der Waals surface area contributed by atoms with E-state index in [-0.39, 0.29) is 51.0 Å². The molecule has 1 fully saturated rings. The van der Waals surface area contributed by atoms with Crippen molar-refractivity contribution in [3.8, 4) is 0 Å². The normalized spacial score (nSPS) is 17.3. The summed E-state index contributed by atoms with van der Waals surface area (Å²) in [4.78, 5) is 54.5. The van der Waals surface area contributed by atoms with Crippen molar-refractivity contribution in [3.63, 3.8) is 0 Å². The largest absolute Gasteiger partial charge is 1.00 e. The van der Waals surface area contributed by atoms with Gasteiger partial charge in [-0.15, -0.1) is 0 Å². The fraction of sp³-hybridized carbons (Fsp3) is 0.485. The molecule has 4 rings (SSSR count). The molecule has 1 aromatic heterocycles. The van der Waals surface area contributed by atoms with Crippen LogP contribution in [0.1, 0.15) is 56.1 Å². The predicted molar refractivity (Wildman–Crippen MR) is 181 cm³/mol. The van der Waals surface area contributed by atoms with Crippen LogP contribution in [0.25, 0.3) is 10.9 Å². The SMILES string of the molecule is CS(=O)(=O)N[C@@H](CCCCN)C(=O)N[C@@H](Cc1ccccc1)P(=O)(O)CC1(C(=O)N[C@@H](Cc2c[nH]c3ccccc23)C(=O)[O-])CCCC1.[Li+]. The maximum Gasteiger partial charge on any atom is 1.00 e. The number of nitrogens with two attached hydrogens (primary N) is 1. The number of H-pyrrole nitrogens is 1. The standard InChI is InChI=1S/C33H46N5O8PS.Li/c1-48(45,46)38-27(15-7-10-18-34)30(39)37-29(19-23-11-3-2-4-12-23)47(43,44)22-33(16-8-9-17-33)32(42)36-28(31(40)41)20-24-21-35-26-14-6-5-13-25(24)26;/h2-6,11-14,21,27-29,35,38H,7-10,15-20,22,34H2,1H3,(H,36,42)(H,37,39)(H,40,41)(H,43,44);/q;+1/p-1/t27-,28-,29+;/m0./s1. The number of fused-ring (bicyclic) bond motifs is 1. The first-order chi connectivity index (χ1) is 22.7. The molecule has 1 aliphatic rings. The number of aromatic amines is 1. The number of carbonyl (C=O) groups excluding carboxylic acids is 3. The molecule has 1 saturated carbocycles. The van der Waals surface area contributed by atoms with Crippen LogP contribution in [0.2, 0.25) is 0 Å². The van der Waals surface area contributed by atoms with Gasteiger partial charge in [0.05, 0.1) is 23.7 Å². The average molecular weight is 710 g/mol. The van der Waals surface area contributed by atoms with Crippen molar-refractivity contribution in [3.05, 3.63) is 71.9 Å². The number of sulfonamides is 1. The summed E-state index contributed by atoms with van der Waals surface area (Å²) in [5.41, 5.74) is 6.33. The molecular formula is C33H45LiN5O8PS. The smallest absolute Gasteiger partial charge is 0.548 e. The number of nitrogens with one attached hydrogen (secondary N) is 4. The van der Waals surface area contributed by atoms with Crippen LogP contribution in [0, 0.1) is 5.41 Å². The number of aromatic nitrogens is 1. The van der Waals surface area contributed by atoms with Gasteiger partial charge in [0.1, 0.15) is 11.8 Å². The molecule has 7 N–H and O–H groups in total. The van der Waals surface area contributed by atoms with Gasteiger partial charge in [-0.3, -0.25) is 14.2 Å². The van der Waals surface area contributed by atoms with Crippen molar-refractivity contribution in [2.75, 3.05) is 19.0 Å². The molecule has 2 amide bonds. The summed E-state index contributed by atoms with van der Waals surface area (Å²) < 4.78 is 40.9. The number of carboxylic acids is 1. The van der Waals surface area contributed by atoms with Crippen molar-refractivity contribution in [2.24, 2.45) is 11.1 Å². The minimum Gasteiger partial charge on any atom is -0.548 e. The van der Waals surface area contributed by atoms with Gasteiger partial charge in [0.25, 0.3) is 0 Å². The van der Waals surface area contributed by atoms with E-state index in [0.717, 1.165) is 17.2 Å². The van der Waals surface area contributed by atoms with Crippen molar-refractivity contribution in [1.82, 2.24) is 20.3 Å². The number of rotatable bonds is 18. The first-order valence-electron chi connectivity index (χ1n) is 16.1. The monoisotopic (exact) mass is 709 g/mol. The van der Waals surface area contributed by atoms with E-state index in [1.165, 1.54) is 0 Å². The Bertz CT molecular complexity index is 1730. The Labute approximate surface area is 299 Å². The number of hydrogen-bond donors (Lipinski definition) is 6. The Balaban J connectivity index is 0.00000650. The van der Waals surface area contributed by atoms with Crippen molar-refractivity contribution in [2.45, 2.75) is 75.7 Å². The van der Waals surface area contributed by atoms with E-state index < -0.39 is 64.6 Å². The Morgan fingerprint density at radius 1 is 1.00 bits per heavy atom. The van der Waals surface area contributed by atoms with Crippen LogP contribution in [0.5, 0.6) is 0 Å². The minimum absolute atomic E-state index is 0. The third kappa shape index (κ3) is 11.3. The molecule has 0 bridgehead atoms. The molecule has 0 radical (unpaired) electrons. The molecule has 0 aliphatic heterocycles. The summed E-state index contributed by atoms with van der Waals surface area (Å²) in [5.74, 6) is -4.28. The summed E-state index contributed by atoms with van der Waals surface area (Å²) in [6, 6.07) is 13.5. The van der Waals surface area contributed by atoms with Gasteiger partial charge in [-0.05, 0) is 49.4 Å². The number of carbonyl (C=O) groups is 3. The van der Waals surface area contributed by atoms with E-state index in [4.69, 9.17) is 5.73 Å². The van der Waals surface area contributed by atoms with Crippen LogP contribution in [0.15, 0.2) is 60.8 Å². The third-order valence-corrected chi connectivity index (χ3v) is 12.0. The first kappa shape index (κ1) is 40.5. The minimum atomic E-state index is -4.43. The average Bonchev–Trinajstić information content (AvgIpc) is 3.67. The predicted octanol–water partition coefficient (Wildman–Crippen LogP) is -1.49. The topological polar surface area (TPSA) is 224 Å². The second-order valence-electron chi connectivity index (χ2n) is 12.8. The summed E-state index contributed by atoms with van der Waals surface area (Å²) in [6.45, 7) is 0.348. The van der Waals surface area contributed by atoms with Gasteiger partial charge >= 0.3 is 18.9 Å². The van der Waals surface area contributed by atoms with Gasteiger partial charge in [-0.1, -0.05) is 67.8 Å². The number of hydrogen-bond acceptors (Lipinski definition) is 8. The van der Waals surface area contributed by atoms with Gasteiger partial charge < -0.3 is 36.1 Å². The Morgan fingerprint density at radius 2 is 1.65 bits per heavy atom. The van der Waals surface area contributed by atoms with Crippen molar-refractivity contribution >= 4 is 46.1 Å². The molecule has 13 nitrogen and oxygen atoms in total. The number of benzene rings is 2. The van der Waals surface area contributed by atoms with Crippen LogP contribution >= 0.6 is 7.37 Å². The summed E-state index contributed by atoms with van der Waals surface area (Å²) >= 11 is 0. The van der Waals surface area contributed by atoms with E-state index >= 15 is 0 Å². The van der Waals surface area contributed by atoms with E-state index in [1.807, 2.05) is 24.3 Å². The summed E-state index contributed by atoms with van der Waals surface area (Å²) in [5, 5.41) is 18.3. The first-order valence-corrected chi connectivity index (χ1v) is 19.9. The van der Waals surface area contributed by atoms with Crippen LogP contribution < -0.4 is 45.1 Å². The zero-order valence-electron chi connectivity index (χ0n) is 28.0. The number of para-hydroxylation sites is 1. The Morgan fingerprint density at radius 3 is 2.29 bits per heavy atom. The molecule has 1 heterocycles. The van der Waals surface area contributed by atoms with Crippen LogP contribution in [0.4, 0.5) is 0 Å².